The van der Waals surface area contributed by atoms with E-state index in [4.69, 9.17) is 9.97 Å². The van der Waals surface area contributed by atoms with Crippen LogP contribution in [-0.4, -0.2) is 23.7 Å². The molecule has 1 aliphatic carbocycles. The Morgan fingerprint density at radius 1 is 0.471 bits per heavy atom. The van der Waals surface area contributed by atoms with Crippen LogP contribution in [0.5, 0.6) is 0 Å². The molecule has 0 amide bonds. The maximum atomic E-state index is 5.58. The van der Waals surface area contributed by atoms with Crippen LogP contribution in [0.4, 0.5) is 0 Å². The molecule has 240 valence electrons. The molecule has 10 aromatic rings. The van der Waals surface area contributed by atoms with Crippen LogP contribution >= 0.6 is 0 Å². The molecular formula is C46H31N5. The van der Waals surface area contributed by atoms with Gasteiger partial charge in [0.25, 0.3) is 0 Å². The van der Waals surface area contributed by atoms with Gasteiger partial charge in [0.1, 0.15) is 11.0 Å². The average Bonchev–Trinajstić information content (AvgIpc) is 3.84. The lowest BCUT2D eigenvalue weighted by Gasteiger charge is -2.15. The van der Waals surface area contributed by atoms with Gasteiger partial charge in [0.2, 0.25) is 0 Å². The van der Waals surface area contributed by atoms with Crippen molar-refractivity contribution in [2.75, 3.05) is 0 Å². The third kappa shape index (κ3) is 4.09. The van der Waals surface area contributed by atoms with E-state index in [1.54, 1.807) is 0 Å². The number of benzene rings is 6. The Hall–Kier alpha value is -6.72. The van der Waals surface area contributed by atoms with Gasteiger partial charge in [0.05, 0.1) is 27.6 Å². The van der Waals surface area contributed by atoms with Crippen molar-refractivity contribution in [3.63, 3.8) is 0 Å². The molecule has 0 N–H and O–H groups in total. The number of allylic oxidation sites excluding steroid dienone is 4. The molecular weight excluding hydrogens is 623 g/mol. The summed E-state index contributed by atoms with van der Waals surface area (Å²) in [6.07, 6.45) is 8.74. The van der Waals surface area contributed by atoms with Crippen LogP contribution in [0.2, 0.25) is 0 Å². The number of rotatable bonds is 4. The normalized spacial score (nSPS) is 13.4. The highest BCUT2D eigenvalue weighted by Crippen LogP contribution is 2.41. The van der Waals surface area contributed by atoms with Crippen LogP contribution in [-0.2, 0) is 0 Å². The van der Waals surface area contributed by atoms with Crippen molar-refractivity contribution in [2.45, 2.75) is 12.8 Å². The van der Waals surface area contributed by atoms with Crippen molar-refractivity contribution < 1.29 is 0 Å². The molecule has 0 bridgehead atoms. The van der Waals surface area contributed by atoms with Gasteiger partial charge >= 0.3 is 0 Å². The topological polar surface area (TPSA) is 40.6 Å². The van der Waals surface area contributed by atoms with Gasteiger partial charge in [0, 0.05) is 43.9 Å². The van der Waals surface area contributed by atoms with Gasteiger partial charge < -0.3 is 9.13 Å². The minimum atomic E-state index is 0.703. The quantitative estimate of drug-likeness (QED) is 0.190. The number of fused-ring (bicyclic) bond motifs is 9. The molecule has 0 fully saturated rings. The highest BCUT2D eigenvalue weighted by Gasteiger charge is 2.24. The maximum Gasteiger partial charge on any atom is 0.166 e. The Labute approximate surface area is 293 Å². The molecule has 5 nitrogen and oxygen atoms in total. The van der Waals surface area contributed by atoms with Crippen molar-refractivity contribution in [3.05, 3.63) is 164 Å². The Bertz CT molecular complexity index is 3030. The third-order valence-electron chi connectivity index (χ3n) is 10.5. The van der Waals surface area contributed by atoms with Crippen LogP contribution in [0, 0.1) is 0 Å². The largest absolute Gasteiger partial charge is 0.313 e. The SMILES string of the molecule is C1=CCCC(n2c3ccccc3c3cc(-c4nc(-n5c6ccccc6c6ccccc65)c5c(n4)c4ccccc4n5-c4ccccc4)ccc32)=C1. The molecule has 0 unspecified atom stereocenters. The van der Waals surface area contributed by atoms with Crippen LogP contribution in [0.3, 0.4) is 0 Å². The van der Waals surface area contributed by atoms with E-state index >= 15 is 0 Å². The number of nitrogens with zero attached hydrogens (tertiary/aromatic N) is 5. The molecule has 0 saturated carbocycles. The van der Waals surface area contributed by atoms with Crippen LogP contribution in [0.15, 0.2) is 164 Å². The predicted molar refractivity (Wildman–Crippen MR) is 212 cm³/mol. The lowest BCUT2D eigenvalue weighted by Crippen LogP contribution is -2.05. The van der Waals surface area contributed by atoms with E-state index in [9.17, 15) is 0 Å². The molecule has 0 atom stereocenters. The van der Waals surface area contributed by atoms with Gasteiger partial charge in [-0.25, -0.2) is 9.97 Å². The number of hydrogen-bond acceptors (Lipinski definition) is 2. The molecule has 1 aliphatic rings. The first kappa shape index (κ1) is 28.2. The summed E-state index contributed by atoms with van der Waals surface area (Å²) in [6, 6.07) is 51.9. The zero-order chi connectivity index (χ0) is 33.5. The minimum absolute atomic E-state index is 0.703. The van der Waals surface area contributed by atoms with E-state index in [2.05, 4.69) is 178 Å². The number of para-hydroxylation sites is 5. The smallest absolute Gasteiger partial charge is 0.166 e. The van der Waals surface area contributed by atoms with Gasteiger partial charge in [-0.15, -0.1) is 0 Å². The lowest BCUT2D eigenvalue weighted by molar-refractivity contribution is 0.979. The monoisotopic (exact) mass is 653 g/mol. The molecule has 6 aromatic carbocycles. The summed E-state index contributed by atoms with van der Waals surface area (Å²) in [4.78, 5) is 11.0. The zero-order valence-electron chi connectivity index (χ0n) is 27.7. The molecule has 0 aliphatic heterocycles. The van der Waals surface area contributed by atoms with Gasteiger partial charge in [-0.05, 0) is 73.5 Å². The summed E-state index contributed by atoms with van der Waals surface area (Å²) in [5, 5.41) is 5.92. The van der Waals surface area contributed by atoms with E-state index in [-0.39, 0.29) is 0 Å². The fourth-order valence-electron chi connectivity index (χ4n) is 8.30. The summed E-state index contributed by atoms with van der Waals surface area (Å²) in [6.45, 7) is 0. The van der Waals surface area contributed by atoms with Gasteiger partial charge in [-0.2, -0.15) is 0 Å². The first-order valence-corrected chi connectivity index (χ1v) is 17.6. The average molecular weight is 654 g/mol. The van der Waals surface area contributed by atoms with E-state index in [0.29, 0.717) is 5.82 Å². The van der Waals surface area contributed by atoms with Crippen molar-refractivity contribution in [3.8, 4) is 22.9 Å². The van der Waals surface area contributed by atoms with Crippen LogP contribution < -0.4 is 0 Å². The molecule has 51 heavy (non-hydrogen) atoms. The molecule has 0 spiro atoms. The minimum Gasteiger partial charge on any atom is -0.313 e. The molecule has 5 heteroatoms. The molecule has 4 heterocycles. The molecule has 0 saturated heterocycles. The Kier molecular flexibility index (Phi) is 6.01. The van der Waals surface area contributed by atoms with Crippen molar-refractivity contribution in [1.82, 2.24) is 23.7 Å². The Morgan fingerprint density at radius 2 is 1.04 bits per heavy atom. The summed E-state index contributed by atoms with van der Waals surface area (Å²) >= 11 is 0. The van der Waals surface area contributed by atoms with Crippen molar-refractivity contribution >= 4 is 71.2 Å². The van der Waals surface area contributed by atoms with E-state index in [1.807, 2.05) is 0 Å². The van der Waals surface area contributed by atoms with E-state index in [1.165, 1.54) is 38.3 Å². The van der Waals surface area contributed by atoms with Gasteiger partial charge in [-0.3, -0.25) is 4.57 Å². The highest BCUT2D eigenvalue weighted by molar-refractivity contribution is 6.14. The second-order valence-electron chi connectivity index (χ2n) is 13.3. The second-order valence-corrected chi connectivity index (χ2v) is 13.3. The Balaban J connectivity index is 1.27. The fourth-order valence-corrected chi connectivity index (χ4v) is 8.30. The second kappa shape index (κ2) is 10.9. The summed E-state index contributed by atoms with van der Waals surface area (Å²) in [7, 11) is 0. The van der Waals surface area contributed by atoms with E-state index < -0.39 is 0 Å². The molecule has 11 rings (SSSR count). The van der Waals surface area contributed by atoms with Gasteiger partial charge in [-0.1, -0.05) is 103 Å². The maximum absolute atomic E-state index is 5.58. The van der Waals surface area contributed by atoms with Crippen molar-refractivity contribution in [1.29, 1.82) is 0 Å². The van der Waals surface area contributed by atoms with Gasteiger partial charge in [0.15, 0.2) is 11.6 Å². The first-order chi connectivity index (χ1) is 25.3. The predicted octanol–water partition coefficient (Wildman–Crippen LogP) is 11.6. The summed E-state index contributed by atoms with van der Waals surface area (Å²) < 4.78 is 7.10. The fraction of sp³-hybridized carbons (Fsp3) is 0.0435. The van der Waals surface area contributed by atoms with Crippen LogP contribution in [0.1, 0.15) is 12.8 Å². The van der Waals surface area contributed by atoms with Crippen LogP contribution in [0.25, 0.3) is 94.1 Å². The highest BCUT2D eigenvalue weighted by atomic mass is 15.1. The summed E-state index contributed by atoms with van der Waals surface area (Å²) in [5.41, 5.74) is 11.0. The van der Waals surface area contributed by atoms with E-state index in [0.717, 1.165) is 62.9 Å². The summed E-state index contributed by atoms with van der Waals surface area (Å²) in [5.74, 6) is 1.56. The molecule has 0 radical (unpaired) electrons. The molecule has 4 aromatic heterocycles. The lowest BCUT2D eigenvalue weighted by atomic mass is 10.1. The Morgan fingerprint density at radius 3 is 1.71 bits per heavy atom. The zero-order valence-corrected chi connectivity index (χ0v) is 27.7. The van der Waals surface area contributed by atoms with Crippen molar-refractivity contribution in [2.24, 2.45) is 0 Å². The third-order valence-corrected chi connectivity index (χ3v) is 10.5. The first-order valence-electron chi connectivity index (χ1n) is 17.6. The number of hydrogen-bond donors (Lipinski definition) is 0. The number of aromatic nitrogens is 5. The standard InChI is InChI=1S/C46H31N5/c1-3-15-31(16-4-1)49-38-23-11-9-21-35(38)37-29-30(27-28-42(37)49)45-47-43-36-22-10-14-26-41(36)50(32-17-5-2-6-18-32)44(43)46(48-45)51-39-24-12-7-19-33(39)34-20-8-13-25-40(34)51/h1-3,5-15,17-29H,4,16H2.